The van der Waals surface area contributed by atoms with Crippen LogP contribution in [-0.2, 0) is 0 Å². The van der Waals surface area contributed by atoms with Gasteiger partial charge in [0.2, 0.25) is 0 Å². The molecule has 122 valence electrons. The second-order valence-electron chi connectivity index (χ2n) is 5.46. The highest BCUT2D eigenvalue weighted by atomic mass is 79.9. The summed E-state index contributed by atoms with van der Waals surface area (Å²) in [5, 5.41) is 2.92. The summed E-state index contributed by atoms with van der Waals surface area (Å²) < 4.78 is 0.907. The number of carbonyl (C=O) groups excluding carboxylic acids is 1. The first-order valence-corrected chi connectivity index (χ1v) is 9.38. The number of hydrogen-bond acceptors (Lipinski definition) is 3. The van der Waals surface area contributed by atoms with Crippen molar-refractivity contribution >= 4 is 55.5 Å². The highest BCUT2D eigenvalue weighted by molar-refractivity contribution is 9.10. The van der Waals surface area contributed by atoms with Crippen molar-refractivity contribution in [3.63, 3.8) is 0 Å². The van der Waals surface area contributed by atoms with E-state index >= 15 is 0 Å². The predicted octanol–water partition coefficient (Wildman–Crippen LogP) is 6.04. The van der Waals surface area contributed by atoms with Gasteiger partial charge in [-0.05, 0) is 46.3 Å². The highest BCUT2D eigenvalue weighted by Crippen LogP contribution is 2.34. The molecular weight excluding hydrogens is 396 g/mol. The number of rotatable bonds is 3. The maximum absolute atomic E-state index is 13.3. The number of nitrogens with zero attached hydrogens (tertiary/aromatic N) is 2. The first-order valence-electron chi connectivity index (χ1n) is 7.71. The minimum Gasteiger partial charge on any atom is -0.274 e. The molecule has 5 heteroatoms. The van der Waals surface area contributed by atoms with E-state index in [1.54, 1.807) is 11.1 Å². The van der Waals surface area contributed by atoms with Gasteiger partial charge in [-0.25, -0.2) is 0 Å². The molecule has 0 aliphatic carbocycles. The number of benzene rings is 2. The van der Waals surface area contributed by atoms with E-state index in [2.05, 4.69) is 20.9 Å². The van der Waals surface area contributed by atoms with Crippen molar-refractivity contribution in [2.45, 2.75) is 0 Å². The number of halogens is 1. The zero-order valence-electron chi connectivity index (χ0n) is 13.1. The van der Waals surface area contributed by atoms with E-state index in [-0.39, 0.29) is 5.91 Å². The average Bonchev–Trinajstić information content (AvgIpc) is 3.09. The molecule has 0 spiro atoms. The number of aromatic nitrogens is 1. The lowest BCUT2D eigenvalue weighted by atomic mass is 10.1. The average molecular weight is 409 g/mol. The van der Waals surface area contributed by atoms with E-state index < -0.39 is 0 Å². The van der Waals surface area contributed by atoms with Crippen LogP contribution in [0, 0.1) is 0 Å². The molecule has 0 saturated heterocycles. The molecule has 2 aromatic heterocycles. The number of thiophene rings is 1. The number of fused-ring (bicyclic) bond motifs is 1. The molecule has 0 radical (unpaired) electrons. The molecule has 0 aliphatic rings. The van der Waals surface area contributed by atoms with Gasteiger partial charge in [0.1, 0.15) is 0 Å². The molecule has 3 nitrogen and oxygen atoms in total. The zero-order valence-corrected chi connectivity index (χ0v) is 15.5. The van der Waals surface area contributed by atoms with Crippen LogP contribution in [0.5, 0.6) is 0 Å². The van der Waals surface area contributed by atoms with Gasteiger partial charge in [0.05, 0.1) is 16.1 Å². The molecule has 2 aromatic carbocycles. The van der Waals surface area contributed by atoms with Gasteiger partial charge in [-0.3, -0.25) is 14.7 Å². The van der Waals surface area contributed by atoms with Gasteiger partial charge in [-0.15, -0.1) is 11.3 Å². The van der Waals surface area contributed by atoms with Gasteiger partial charge < -0.3 is 0 Å². The van der Waals surface area contributed by atoms with E-state index in [0.29, 0.717) is 4.88 Å². The molecule has 0 fully saturated rings. The SMILES string of the molecule is O=C(c1cc(Br)cs1)N(c1ccccc1)c1cccc2cccnc12. The first kappa shape index (κ1) is 16.0. The number of amides is 1. The molecule has 4 rings (SSSR count). The van der Waals surface area contributed by atoms with Gasteiger partial charge >= 0.3 is 0 Å². The van der Waals surface area contributed by atoms with Crippen molar-refractivity contribution in [3.8, 4) is 0 Å². The van der Waals surface area contributed by atoms with Gasteiger partial charge in [-0.2, -0.15) is 0 Å². The Kier molecular flexibility index (Phi) is 4.34. The van der Waals surface area contributed by atoms with Gasteiger partial charge in [0.25, 0.3) is 5.91 Å². The Morgan fingerprint density at radius 3 is 2.56 bits per heavy atom. The second-order valence-corrected chi connectivity index (χ2v) is 7.28. The number of hydrogen-bond donors (Lipinski definition) is 0. The van der Waals surface area contributed by atoms with E-state index in [4.69, 9.17) is 0 Å². The zero-order chi connectivity index (χ0) is 17.2. The number of anilines is 2. The molecule has 0 saturated carbocycles. The highest BCUT2D eigenvalue weighted by Gasteiger charge is 2.23. The Labute approximate surface area is 157 Å². The summed E-state index contributed by atoms with van der Waals surface area (Å²) in [6.45, 7) is 0. The monoisotopic (exact) mass is 408 g/mol. The molecule has 1 amide bonds. The fraction of sp³-hybridized carbons (Fsp3) is 0. The third kappa shape index (κ3) is 3.08. The van der Waals surface area contributed by atoms with Crippen molar-refractivity contribution in [1.29, 1.82) is 0 Å². The van der Waals surface area contributed by atoms with Crippen molar-refractivity contribution in [1.82, 2.24) is 4.98 Å². The van der Waals surface area contributed by atoms with Crippen LogP contribution < -0.4 is 4.90 Å². The van der Waals surface area contributed by atoms with E-state index in [0.717, 1.165) is 26.8 Å². The summed E-state index contributed by atoms with van der Waals surface area (Å²) in [6, 6.07) is 21.3. The normalized spacial score (nSPS) is 10.8. The Morgan fingerprint density at radius 2 is 1.80 bits per heavy atom. The molecule has 0 aliphatic heterocycles. The van der Waals surface area contributed by atoms with Gasteiger partial charge in [-0.1, -0.05) is 36.4 Å². The lowest BCUT2D eigenvalue weighted by Gasteiger charge is -2.23. The first-order chi connectivity index (χ1) is 12.2. The summed E-state index contributed by atoms with van der Waals surface area (Å²) in [4.78, 5) is 20.2. The summed E-state index contributed by atoms with van der Waals surface area (Å²) in [7, 11) is 0. The Balaban J connectivity index is 1.93. The van der Waals surface area contributed by atoms with Crippen molar-refractivity contribution in [2.75, 3.05) is 4.90 Å². The molecule has 0 unspecified atom stereocenters. The summed E-state index contributed by atoms with van der Waals surface area (Å²) >= 11 is 4.85. The smallest absolute Gasteiger partial charge is 0.273 e. The van der Waals surface area contributed by atoms with Crippen LogP contribution in [0.1, 0.15) is 9.67 Å². The molecule has 2 heterocycles. The molecule has 0 bridgehead atoms. The third-order valence-corrected chi connectivity index (χ3v) is 5.53. The minimum absolute atomic E-state index is 0.0694. The van der Waals surface area contributed by atoms with Crippen LogP contribution in [0.4, 0.5) is 11.4 Å². The molecule has 4 aromatic rings. The maximum atomic E-state index is 13.3. The lowest BCUT2D eigenvalue weighted by Crippen LogP contribution is -2.25. The molecule has 25 heavy (non-hydrogen) atoms. The van der Waals surface area contributed by atoms with Crippen LogP contribution >= 0.6 is 27.3 Å². The van der Waals surface area contributed by atoms with E-state index in [1.165, 1.54) is 11.3 Å². The second kappa shape index (κ2) is 6.78. The van der Waals surface area contributed by atoms with Gasteiger partial charge in [0, 0.05) is 27.1 Å². The van der Waals surface area contributed by atoms with Crippen LogP contribution in [0.2, 0.25) is 0 Å². The van der Waals surface area contributed by atoms with Crippen LogP contribution in [0.15, 0.2) is 82.8 Å². The fourth-order valence-corrected chi connectivity index (χ4v) is 4.10. The number of para-hydroxylation sites is 2. The molecule has 0 N–H and O–H groups in total. The van der Waals surface area contributed by atoms with E-state index in [1.807, 2.05) is 72.1 Å². The Morgan fingerprint density at radius 1 is 1.00 bits per heavy atom. The van der Waals surface area contributed by atoms with Crippen LogP contribution in [0.25, 0.3) is 10.9 Å². The van der Waals surface area contributed by atoms with Crippen LogP contribution in [0.3, 0.4) is 0 Å². The quantitative estimate of drug-likeness (QED) is 0.414. The maximum Gasteiger partial charge on any atom is 0.273 e. The topological polar surface area (TPSA) is 33.2 Å². The number of carbonyl (C=O) groups is 1. The summed E-state index contributed by atoms with van der Waals surface area (Å²) in [6.07, 6.45) is 1.75. The van der Waals surface area contributed by atoms with Crippen molar-refractivity contribution in [2.24, 2.45) is 0 Å². The van der Waals surface area contributed by atoms with Crippen molar-refractivity contribution < 1.29 is 4.79 Å². The predicted molar refractivity (Wildman–Crippen MR) is 107 cm³/mol. The van der Waals surface area contributed by atoms with Crippen molar-refractivity contribution in [3.05, 3.63) is 87.7 Å². The molecule has 0 atom stereocenters. The van der Waals surface area contributed by atoms with E-state index in [9.17, 15) is 4.79 Å². The Hall–Kier alpha value is -2.50. The minimum atomic E-state index is -0.0694. The molecular formula is C20H13BrN2OS. The standard InChI is InChI=1S/C20H13BrN2OS/c21-15-12-18(25-13-15)20(24)23(16-8-2-1-3-9-16)17-10-4-6-14-7-5-11-22-19(14)17/h1-13H. The third-order valence-electron chi connectivity index (χ3n) is 3.85. The largest absolute Gasteiger partial charge is 0.274 e. The van der Waals surface area contributed by atoms with Crippen LogP contribution in [-0.4, -0.2) is 10.9 Å². The Bertz CT molecular complexity index is 1040. The fourth-order valence-electron chi connectivity index (χ4n) is 2.75. The summed E-state index contributed by atoms with van der Waals surface area (Å²) in [5.74, 6) is -0.0694. The van der Waals surface area contributed by atoms with Gasteiger partial charge in [0.15, 0.2) is 0 Å². The lowest BCUT2D eigenvalue weighted by molar-refractivity contribution is 0.100. The summed E-state index contributed by atoms with van der Waals surface area (Å²) in [5.41, 5.74) is 2.40. The number of pyridine rings is 1.